The second-order valence-electron chi connectivity index (χ2n) is 3.14. The van der Waals surface area contributed by atoms with Crippen LogP contribution in [-0.2, 0) is 0 Å². The number of benzene rings is 2. The van der Waals surface area contributed by atoms with E-state index in [4.69, 9.17) is 0 Å². The molecule has 15 heavy (non-hydrogen) atoms. The van der Waals surface area contributed by atoms with Gasteiger partial charge in [0, 0.05) is 14.9 Å². The summed E-state index contributed by atoms with van der Waals surface area (Å²) in [7, 11) is 0. The monoisotopic (exact) mass is 282 g/mol. The molecule has 0 saturated heterocycles. The van der Waals surface area contributed by atoms with Crippen molar-refractivity contribution in [1.82, 2.24) is 0 Å². The number of thiol groups is 1. The molecule has 0 amide bonds. The van der Waals surface area contributed by atoms with Crippen molar-refractivity contribution in [3.8, 4) is 11.1 Å². The van der Waals surface area contributed by atoms with Gasteiger partial charge in [-0.15, -0.1) is 12.6 Å². The minimum absolute atomic E-state index is 0.245. The average molecular weight is 283 g/mol. The van der Waals surface area contributed by atoms with Crippen LogP contribution in [0.1, 0.15) is 0 Å². The Morgan fingerprint density at radius 3 is 2.40 bits per heavy atom. The highest BCUT2D eigenvalue weighted by atomic mass is 79.9. The zero-order valence-corrected chi connectivity index (χ0v) is 10.2. The van der Waals surface area contributed by atoms with Gasteiger partial charge < -0.3 is 0 Å². The highest BCUT2D eigenvalue weighted by Crippen LogP contribution is 2.29. The Kier molecular flexibility index (Phi) is 3.12. The van der Waals surface area contributed by atoms with Gasteiger partial charge >= 0.3 is 0 Å². The maximum absolute atomic E-state index is 13.7. The fourth-order valence-corrected chi connectivity index (χ4v) is 2.02. The summed E-state index contributed by atoms with van der Waals surface area (Å²) < 4.78 is 14.4. The Labute approximate surface area is 102 Å². The predicted octanol–water partition coefficient (Wildman–Crippen LogP) is 4.54. The van der Waals surface area contributed by atoms with Crippen LogP contribution < -0.4 is 0 Å². The van der Waals surface area contributed by atoms with Gasteiger partial charge in [0.25, 0.3) is 0 Å². The van der Waals surface area contributed by atoms with E-state index in [1.165, 1.54) is 6.07 Å². The molecule has 0 nitrogen and oxygen atoms in total. The molecule has 0 bridgehead atoms. The van der Waals surface area contributed by atoms with E-state index in [2.05, 4.69) is 28.6 Å². The van der Waals surface area contributed by atoms with Crippen molar-refractivity contribution in [3.05, 3.63) is 52.8 Å². The second kappa shape index (κ2) is 4.37. The van der Waals surface area contributed by atoms with Gasteiger partial charge in [0.1, 0.15) is 5.82 Å². The molecule has 0 heterocycles. The van der Waals surface area contributed by atoms with Gasteiger partial charge in [-0.3, -0.25) is 0 Å². The molecule has 0 spiro atoms. The molecule has 0 N–H and O–H groups in total. The summed E-state index contributed by atoms with van der Waals surface area (Å²) >= 11 is 7.53. The largest absolute Gasteiger partial charge is 0.206 e. The Balaban J connectivity index is 2.60. The molecule has 0 atom stereocenters. The first-order valence-corrected chi connectivity index (χ1v) is 5.66. The molecule has 2 aromatic rings. The summed E-state index contributed by atoms with van der Waals surface area (Å²) in [5.41, 5.74) is 1.38. The first kappa shape index (κ1) is 10.7. The van der Waals surface area contributed by atoms with E-state index in [1.54, 1.807) is 6.07 Å². The van der Waals surface area contributed by atoms with E-state index >= 15 is 0 Å². The number of halogens is 2. The fourth-order valence-electron chi connectivity index (χ4n) is 1.41. The van der Waals surface area contributed by atoms with Crippen molar-refractivity contribution in [2.45, 2.75) is 4.90 Å². The van der Waals surface area contributed by atoms with Crippen molar-refractivity contribution >= 4 is 28.6 Å². The lowest BCUT2D eigenvalue weighted by Gasteiger charge is -2.06. The summed E-state index contributed by atoms with van der Waals surface area (Å²) in [6.07, 6.45) is 0. The van der Waals surface area contributed by atoms with Crippen LogP contribution >= 0.6 is 28.6 Å². The summed E-state index contributed by atoms with van der Waals surface area (Å²) in [4.78, 5) is 0.777. The highest BCUT2D eigenvalue weighted by molar-refractivity contribution is 9.10. The Bertz CT molecular complexity index is 497. The third-order valence-corrected chi connectivity index (χ3v) is 3.01. The van der Waals surface area contributed by atoms with Gasteiger partial charge in [0.05, 0.1) is 0 Å². The molecule has 76 valence electrons. The third-order valence-electron chi connectivity index (χ3n) is 2.13. The molecule has 0 radical (unpaired) electrons. The first-order valence-electron chi connectivity index (χ1n) is 4.42. The van der Waals surface area contributed by atoms with Gasteiger partial charge in [-0.25, -0.2) is 4.39 Å². The fraction of sp³-hybridized carbons (Fsp3) is 0. The van der Waals surface area contributed by atoms with Crippen LogP contribution in [-0.4, -0.2) is 0 Å². The smallest absolute Gasteiger partial charge is 0.132 e. The Hall–Kier alpha value is -0.800. The number of hydrogen-bond acceptors (Lipinski definition) is 1. The van der Waals surface area contributed by atoms with Crippen LogP contribution in [0.5, 0.6) is 0 Å². The molecule has 0 unspecified atom stereocenters. The van der Waals surface area contributed by atoms with Gasteiger partial charge in [-0.2, -0.15) is 0 Å². The van der Waals surface area contributed by atoms with Crippen LogP contribution in [0.3, 0.4) is 0 Å². The molecule has 3 heteroatoms. The third kappa shape index (κ3) is 2.24. The summed E-state index contributed by atoms with van der Waals surface area (Å²) in [5, 5.41) is 0. The number of rotatable bonds is 1. The molecular formula is C12H8BrFS. The van der Waals surface area contributed by atoms with Crippen molar-refractivity contribution in [3.63, 3.8) is 0 Å². The lowest BCUT2D eigenvalue weighted by molar-refractivity contribution is 0.630. The lowest BCUT2D eigenvalue weighted by atomic mass is 10.1. The average Bonchev–Trinajstić information content (AvgIpc) is 2.20. The van der Waals surface area contributed by atoms with Crippen molar-refractivity contribution in [2.24, 2.45) is 0 Å². The van der Waals surface area contributed by atoms with Crippen molar-refractivity contribution < 1.29 is 4.39 Å². The standard InChI is InChI=1S/C12H8BrFS/c13-8-5-6-9(11(14)7-8)10-3-1-2-4-12(10)15/h1-7,15H. The maximum atomic E-state index is 13.7. The normalized spacial score (nSPS) is 10.3. The molecule has 0 saturated carbocycles. The van der Waals surface area contributed by atoms with Crippen molar-refractivity contribution in [2.75, 3.05) is 0 Å². The zero-order chi connectivity index (χ0) is 10.8. The molecule has 0 fully saturated rings. The van der Waals surface area contributed by atoms with E-state index in [1.807, 2.05) is 30.3 Å². The minimum atomic E-state index is -0.245. The van der Waals surface area contributed by atoms with Crippen LogP contribution in [0.25, 0.3) is 11.1 Å². The van der Waals surface area contributed by atoms with E-state index in [0.29, 0.717) is 5.56 Å². The van der Waals surface area contributed by atoms with E-state index in [9.17, 15) is 4.39 Å². The quantitative estimate of drug-likeness (QED) is 0.730. The van der Waals surface area contributed by atoms with E-state index in [0.717, 1.165) is 14.9 Å². The van der Waals surface area contributed by atoms with Gasteiger partial charge in [0.2, 0.25) is 0 Å². The molecule has 0 aliphatic carbocycles. The van der Waals surface area contributed by atoms with Gasteiger partial charge in [-0.05, 0) is 23.8 Å². The predicted molar refractivity (Wildman–Crippen MR) is 66.8 cm³/mol. The van der Waals surface area contributed by atoms with Crippen LogP contribution in [0.2, 0.25) is 0 Å². The lowest BCUT2D eigenvalue weighted by Crippen LogP contribution is -1.85. The first-order chi connectivity index (χ1) is 7.18. The van der Waals surface area contributed by atoms with Crippen LogP contribution in [0.4, 0.5) is 4.39 Å². The van der Waals surface area contributed by atoms with Crippen LogP contribution in [0.15, 0.2) is 51.8 Å². The Morgan fingerprint density at radius 1 is 1.00 bits per heavy atom. The van der Waals surface area contributed by atoms with Gasteiger partial charge in [-0.1, -0.05) is 40.2 Å². The molecular weight excluding hydrogens is 275 g/mol. The topological polar surface area (TPSA) is 0 Å². The minimum Gasteiger partial charge on any atom is -0.206 e. The Morgan fingerprint density at radius 2 is 1.73 bits per heavy atom. The highest BCUT2D eigenvalue weighted by Gasteiger charge is 2.07. The van der Waals surface area contributed by atoms with E-state index < -0.39 is 0 Å². The maximum Gasteiger partial charge on any atom is 0.132 e. The SMILES string of the molecule is Fc1cc(Br)ccc1-c1ccccc1S. The van der Waals surface area contributed by atoms with Crippen LogP contribution in [0, 0.1) is 5.82 Å². The van der Waals surface area contributed by atoms with Gasteiger partial charge in [0.15, 0.2) is 0 Å². The molecule has 2 rings (SSSR count). The summed E-state index contributed by atoms with van der Waals surface area (Å²) in [5.74, 6) is -0.245. The zero-order valence-electron chi connectivity index (χ0n) is 7.74. The molecule has 0 aliphatic rings. The molecule has 0 aromatic heterocycles. The van der Waals surface area contributed by atoms with Crippen molar-refractivity contribution in [1.29, 1.82) is 0 Å². The summed E-state index contributed by atoms with van der Waals surface area (Å²) in [6, 6.07) is 12.5. The molecule has 0 aliphatic heterocycles. The number of hydrogen-bond donors (Lipinski definition) is 1. The molecule has 2 aromatic carbocycles. The second-order valence-corrected chi connectivity index (χ2v) is 4.54. The summed E-state index contributed by atoms with van der Waals surface area (Å²) in [6.45, 7) is 0. The van der Waals surface area contributed by atoms with E-state index in [-0.39, 0.29) is 5.82 Å².